The van der Waals surface area contributed by atoms with Crippen LogP contribution in [-0.2, 0) is 14.4 Å². The molecule has 2 aromatic rings. The molecule has 0 saturated carbocycles. The summed E-state index contributed by atoms with van der Waals surface area (Å²) < 4.78 is 0. The van der Waals surface area contributed by atoms with Gasteiger partial charge in [0.05, 0.1) is 12.5 Å². The van der Waals surface area contributed by atoms with Crippen LogP contribution in [0.4, 0.5) is 5.69 Å². The Labute approximate surface area is 182 Å². The Hall–Kier alpha value is -2.86. The average Bonchev–Trinajstić information content (AvgIpc) is 2.72. The first-order valence-electron chi connectivity index (χ1n) is 9.99. The van der Waals surface area contributed by atoms with Crippen LogP contribution in [0.5, 0.6) is 0 Å². The second-order valence-corrected chi connectivity index (χ2v) is 7.56. The number of nitrogens with one attached hydrogen (secondary N) is 2. The highest BCUT2D eigenvalue weighted by Crippen LogP contribution is 2.21. The van der Waals surface area contributed by atoms with Gasteiger partial charge in [-0.2, -0.15) is 0 Å². The summed E-state index contributed by atoms with van der Waals surface area (Å²) in [7, 11) is 0. The van der Waals surface area contributed by atoms with Crippen molar-refractivity contribution in [3.63, 3.8) is 0 Å². The van der Waals surface area contributed by atoms with Crippen molar-refractivity contribution in [3.8, 4) is 0 Å². The van der Waals surface area contributed by atoms with E-state index in [4.69, 9.17) is 11.6 Å². The van der Waals surface area contributed by atoms with Gasteiger partial charge in [0.15, 0.2) is 0 Å². The lowest BCUT2D eigenvalue weighted by Gasteiger charge is -2.30. The van der Waals surface area contributed by atoms with Crippen molar-refractivity contribution in [1.82, 2.24) is 10.2 Å². The molecule has 2 rings (SSSR count). The van der Waals surface area contributed by atoms with Gasteiger partial charge >= 0.3 is 0 Å². The summed E-state index contributed by atoms with van der Waals surface area (Å²) in [5.41, 5.74) is 1.45. The fraction of sp³-hybridized carbons (Fsp3) is 0.348. The number of para-hydroxylation sites is 1. The molecule has 0 spiro atoms. The predicted octanol–water partition coefficient (Wildman–Crippen LogP) is 4.17. The molecule has 6 nitrogen and oxygen atoms in total. The fourth-order valence-corrected chi connectivity index (χ4v) is 3.30. The Balaban J connectivity index is 2.15. The SMILES string of the molecule is CCCN(C(=O)CC(NC(C)=O)c1ccc(Cl)cc1)C(C)C(=O)Nc1ccccc1. The fourth-order valence-electron chi connectivity index (χ4n) is 3.17. The molecule has 3 amide bonds. The van der Waals surface area contributed by atoms with Crippen molar-refractivity contribution in [2.24, 2.45) is 0 Å². The topological polar surface area (TPSA) is 78.5 Å². The van der Waals surface area contributed by atoms with E-state index < -0.39 is 12.1 Å². The predicted molar refractivity (Wildman–Crippen MR) is 119 cm³/mol. The third-order valence-corrected chi connectivity index (χ3v) is 4.95. The van der Waals surface area contributed by atoms with E-state index in [2.05, 4.69) is 10.6 Å². The highest BCUT2D eigenvalue weighted by atomic mass is 35.5. The molecule has 30 heavy (non-hydrogen) atoms. The van der Waals surface area contributed by atoms with Crippen LogP contribution < -0.4 is 10.6 Å². The molecule has 0 bridgehead atoms. The minimum atomic E-state index is -0.652. The third-order valence-electron chi connectivity index (χ3n) is 4.70. The Kier molecular flexibility index (Phi) is 8.87. The first-order valence-corrected chi connectivity index (χ1v) is 10.4. The second-order valence-electron chi connectivity index (χ2n) is 7.13. The number of halogens is 1. The van der Waals surface area contributed by atoms with Gasteiger partial charge in [-0.25, -0.2) is 0 Å². The van der Waals surface area contributed by atoms with Crippen molar-refractivity contribution >= 4 is 35.0 Å². The molecule has 0 aromatic heterocycles. The molecule has 0 aliphatic heterocycles. The van der Waals surface area contributed by atoms with E-state index in [-0.39, 0.29) is 24.1 Å². The lowest BCUT2D eigenvalue weighted by Crippen LogP contribution is -2.47. The van der Waals surface area contributed by atoms with Crippen LogP contribution in [0.25, 0.3) is 0 Å². The van der Waals surface area contributed by atoms with E-state index >= 15 is 0 Å². The molecule has 2 aromatic carbocycles. The van der Waals surface area contributed by atoms with Crippen LogP contribution in [0.2, 0.25) is 5.02 Å². The maximum atomic E-state index is 13.1. The van der Waals surface area contributed by atoms with Gasteiger partial charge in [0, 0.05) is 24.2 Å². The molecule has 2 atom stereocenters. The molecular formula is C23H28ClN3O3. The quantitative estimate of drug-likeness (QED) is 0.627. The third kappa shape index (κ3) is 6.88. The summed E-state index contributed by atoms with van der Waals surface area (Å²) in [4.78, 5) is 39.1. The van der Waals surface area contributed by atoms with Crippen LogP contribution in [0, 0.1) is 0 Å². The van der Waals surface area contributed by atoms with Crippen molar-refractivity contribution in [1.29, 1.82) is 0 Å². The summed E-state index contributed by atoms with van der Waals surface area (Å²) in [5, 5.41) is 6.24. The van der Waals surface area contributed by atoms with E-state index in [0.717, 1.165) is 5.56 Å². The lowest BCUT2D eigenvalue weighted by atomic mass is 10.0. The highest BCUT2D eigenvalue weighted by molar-refractivity contribution is 6.30. The standard InChI is InChI=1S/C23H28ClN3O3/c1-4-14-27(16(2)23(30)26-20-8-6-5-7-9-20)22(29)15-21(25-17(3)28)18-10-12-19(24)13-11-18/h5-13,16,21H,4,14-15H2,1-3H3,(H,25,28)(H,26,30). The Morgan fingerprint density at radius 3 is 2.23 bits per heavy atom. The molecule has 0 aliphatic rings. The molecule has 160 valence electrons. The van der Waals surface area contributed by atoms with Gasteiger partial charge in [-0.1, -0.05) is 48.9 Å². The van der Waals surface area contributed by atoms with Gasteiger partial charge in [-0.3, -0.25) is 14.4 Å². The number of benzene rings is 2. The maximum Gasteiger partial charge on any atom is 0.246 e. The summed E-state index contributed by atoms with van der Waals surface area (Å²) >= 11 is 5.96. The molecule has 7 heteroatoms. The van der Waals surface area contributed by atoms with Crippen LogP contribution in [0.15, 0.2) is 54.6 Å². The number of hydrogen-bond acceptors (Lipinski definition) is 3. The van der Waals surface area contributed by atoms with Gasteiger partial charge in [0.1, 0.15) is 6.04 Å². The van der Waals surface area contributed by atoms with Gasteiger partial charge in [0.2, 0.25) is 17.7 Å². The number of hydrogen-bond donors (Lipinski definition) is 2. The number of nitrogens with zero attached hydrogens (tertiary/aromatic N) is 1. The second kappa shape index (κ2) is 11.4. The van der Waals surface area contributed by atoms with E-state index in [0.29, 0.717) is 23.7 Å². The molecule has 0 radical (unpaired) electrons. The zero-order valence-electron chi connectivity index (χ0n) is 17.5. The van der Waals surface area contributed by atoms with Gasteiger partial charge in [-0.05, 0) is 43.2 Å². The molecular weight excluding hydrogens is 402 g/mol. The van der Waals surface area contributed by atoms with Crippen LogP contribution in [-0.4, -0.2) is 35.2 Å². The number of anilines is 1. The average molecular weight is 430 g/mol. The van der Waals surface area contributed by atoms with Gasteiger partial charge in [0.25, 0.3) is 0 Å². The normalized spacial score (nSPS) is 12.5. The molecule has 0 saturated heterocycles. The molecule has 2 unspecified atom stereocenters. The number of carbonyl (C=O) groups is 3. The first-order chi connectivity index (χ1) is 14.3. The number of carbonyl (C=O) groups excluding carboxylic acids is 3. The summed E-state index contributed by atoms with van der Waals surface area (Å²) in [6.07, 6.45) is 0.755. The first kappa shape index (κ1) is 23.4. The highest BCUT2D eigenvalue weighted by Gasteiger charge is 2.28. The maximum absolute atomic E-state index is 13.1. The summed E-state index contributed by atoms with van der Waals surface area (Å²) in [5.74, 6) is -0.702. The zero-order valence-corrected chi connectivity index (χ0v) is 18.3. The van der Waals surface area contributed by atoms with Crippen molar-refractivity contribution in [2.45, 2.75) is 45.7 Å². The number of rotatable bonds is 9. The molecule has 0 aliphatic carbocycles. The summed E-state index contributed by atoms with van der Waals surface area (Å²) in [6, 6.07) is 15.0. The minimum Gasteiger partial charge on any atom is -0.349 e. The minimum absolute atomic E-state index is 0.0458. The van der Waals surface area contributed by atoms with Crippen molar-refractivity contribution in [3.05, 3.63) is 65.2 Å². The van der Waals surface area contributed by atoms with Gasteiger partial charge < -0.3 is 15.5 Å². The molecule has 0 heterocycles. The van der Waals surface area contributed by atoms with E-state index in [1.807, 2.05) is 25.1 Å². The van der Waals surface area contributed by atoms with Crippen LogP contribution in [0.1, 0.15) is 45.2 Å². The van der Waals surface area contributed by atoms with Crippen molar-refractivity contribution < 1.29 is 14.4 Å². The molecule has 2 N–H and O–H groups in total. The Morgan fingerprint density at radius 2 is 1.67 bits per heavy atom. The number of amides is 3. The Bertz CT molecular complexity index is 856. The van der Waals surface area contributed by atoms with E-state index in [1.54, 1.807) is 48.2 Å². The Morgan fingerprint density at radius 1 is 1.03 bits per heavy atom. The smallest absolute Gasteiger partial charge is 0.246 e. The van der Waals surface area contributed by atoms with Crippen molar-refractivity contribution in [2.75, 3.05) is 11.9 Å². The summed E-state index contributed by atoms with van der Waals surface area (Å²) in [6.45, 7) is 5.51. The van der Waals surface area contributed by atoms with E-state index in [1.165, 1.54) is 6.92 Å². The monoisotopic (exact) mass is 429 g/mol. The largest absolute Gasteiger partial charge is 0.349 e. The molecule has 0 fully saturated rings. The lowest BCUT2D eigenvalue weighted by molar-refractivity contribution is -0.138. The zero-order chi connectivity index (χ0) is 22.1. The van der Waals surface area contributed by atoms with E-state index in [9.17, 15) is 14.4 Å². The van der Waals surface area contributed by atoms with Crippen LogP contribution in [0.3, 0.4) is 0 Å². The van der Waals surface area contributed by atoms with Crippen LogP contribution >= 0.6 is 11.6 Å². The van der Waals surface area contributed by atoms with Gasteiger partial charge in [-0.15, -0.1) is 0 Å².